The Balaban J connectivity index is 2.21. The summed E-state index contributed by atoms with van der Waals surface area (Å²) in [6.07, 6.45) is 4.09. The summed E-state index contributed by atoms with van der Waals surface area (Å²) in [6.45, 7) is 0. The lowest BCUT2D eigenvalue weighted by Gasteiger charge is -2.19. The molecule has 19 heavy (non-hydrogen) atoms. The van der Waals surface area contributed by atoms with Crippen LogP contribution in [0.5, 0.6) is 11.5 Å². The Labute approximate surface area is 112 Å². The second-order valence-electron chi connectivity index (χ2n) is 4.61. The van der Waals surface area contributed by atoms with Crippen molar-refractivity contribution in [2.45, 2.75) is 19.3 Å². The maximum Gasteiger partial charge on any atom is 0.306 e. The summed E-state index contributed by atoms with van der Waals surface area (Å²) in [5.74, 6) is 0.443. The SMILES string of the molecule is COc1ccc(C2=CCC(C(=O)O)CC2)cc1OC. The molecule has 0 radical (unpaired) electrons. The number of carbonyl (C=O) groups is 1. The molecule has 102 valence electrons. The van der Waals surface area contributed by atoms with Crippen LogP contribution in [0, 0.1) is 5.92 Å². The van der Waals surface area contributed by atoms with Gasteiger partial charge in [0.1, 0.15) is 0 Å². The number of carboxylic acids is 1. The number of hydrogen-bond donors (Lipinski definition) is 1. The second-order valence-corrected chi connectivity index (χ2v) is 4.61. The summed E-state index contributed by atoms with van der Waals surface area (Å²) in [5.41, 5.74) is 2.25. The summed E-state index contributed by atoms with van der Waals surface area (Å²) in [4.78, 5) is 10.9. The molecule has 1 aliphatic rings. The average molecular weight is 262 g/mol. The molecule has 0 amide bonds. The molecule has 0 aromatic heterocycles. The number of carboxylic acid groups (broad SMARTS) is 1. The van der Waals surface area contributed by atoms with Crippen LogP contribution in [-0.2, 0) is 4.79 Å². The highest BCUT2D eigenvalue weighted by Crippen LogP contribution is 2.35. The lowest BCUT2D eigenvalue weighted by molar-refractivity contribution is -0.141. The summed E-state index contributed by atoms with van der Waals surface area (Å²) >= 11 is 0. The number of allylic oxidation sites excluding steroid dienone is 2. The zero-order valence-corrected chi connectivity index (χ0v) is 11.2. The van der Waals surface area contributed by atoms with E-state index in [9.17, 15) is 4.79 Å². The van der Waals surface area contributed by atoms with Crippen molar-refractivity contribution in [1.82, 2.24) is 0 Å². The molecule has 4 heteroatoms. The third kappa shape index (κ3) is 2.89. The van der Waals surface area contributed by atoms with Crippen LogP contribution >= 0.6 is 0 Å². The molecule has 1 atom stereocenters. The second kappa shape index (κ2) is 5.78. The highest BCUT2D eigenvalue weighted by atomic mass is 16.5. The molecule has 0 bridgehead atoms. The van der Waals surface area contributed by atoms with Gasteiger partial charge in [0.15, 0.2) is 11.5 Å². The van der Waals surface area contributed by atoms with Gasteiger partial charge in [-0.15, -0.1) is 0 Å². The van der Waals surface area contributed by atoms with Gasteiger partial charge in [-0.3, -0.25) is 4.79 Å². The Morgan fingerprint density at radius 3 is 2.53 bits per heavy atom. The van der Waals surface area contributed by atoms with Crippen molar-refractivity contribution in [3.05, 3.63) is 29.8 Å². The fourth-order valence-electron chi connectivity index (χ4n) is 2.36. The Morgan fingerprint density at radius 2 is 2.00 bits per heavy atom. The van der Waals surface area contributed by atoms with Gasteiger partial charge in [-0.2, -0.15) is 0 Å². The fraction of sp³-hybridized carbons (Fsp3) is 0.400. The minimum Gasteiger partial charge on any atom is -0.493 e. The molecule has 1 unspecified atom stereocenters. The van der Waals surface area contributed by atoms with Gasteiger partial charge < -0.3 is 14.6 Å². The lowest BCUT2D eigenvalue weighted by atomic mass is 9.86. The summed E-state index contributed by atoms with van der Waals surface area (Å²) in [5, 5.41) is 8.98. The van der Waals surface area contributed by atoms with Gasteiger partial charge in [0.2, 0.25) is 0 Å². The maximum absolute atomic E-state index is 10.9. The van der Waals surface area contributed by atoms with E-state index < -0.39 is 5.97 Å². The van der Waals surface area contributed by atoms with Gasteiger partial charge in [-0.25, -0.2) is 0 Å². The van der Waals surface area contributed by atoms with Crippen molar-refractivity contribution in [2.75, 3.05) is 14.2 Å². The average Bonchev–Trinajstić information content (AvgIpc) is 2.46. The molecule has 0 saturated carbocycles. The van der Waals surface area contributed by atoms with Crippen LogP contribution in [0.3, 0.4) is 0 Å². The number of benzene rings is 1. The molecule has 0 heterocycles. The number of hydrogen-bond acceptors (Lipinski definition) is 3. The van der Waals surface area contributed by atoms with E-state index in [-0.39, 0.29) is 5.92 Å². The summed E-state index contributed by atoms with van der Waals surface area (Å²) in [7, 11) is 3.21. The summed E-state index contributed by atoms with van der Waals surface area (Å²) < 4.78 is 10.5. The Bertz CT molecular complexity index is 505. The molecule has 1 N–H and O–H groups in total. The zero-order valence-electron chi connectivity index (χ0n) is 11.2. The first-order chi connectivity index (χ1) is 9.15. The van der Waals surface area contributed by atoms with E-state index >= 15 is 0 Å². The topological polar surface area (TPSA) is 55.8 Å². The molecular formula is C15H18O4. The third-order valence-corrected chi connectivity index (χ3v) is 3.51. The molecule has 0 saturated heterocycles. The van der Waals surface area contributed by atoms with Crippen LogP contribution in [0.4, 0.5) is 0 Å². The molecule has 0 fully saturated rings. The molecule has 1 aromatic carbocycles. The van der Waals surface area contributed by atoms with Gasteiger partial charge in [0, 0.05) is 0 Å². The molecule has 1 aromatic rings. The van der Waals surface area contributed by atoms with E-state index in [0.717, 1.165) is 12.0 Å². The first kappa shape index (κ1) is 13.5. The predicted octanol–water partition coefficient (Wildman–Crippen LogP) is 2.97. The van der Waals surface area contributed by atoms with E-state index in [2.05, 4.69) is 0 Å². The quantitative estimate of drug-likeness (QED) is 0.906. The van der Waals surface area contributed by atoms with Crippen molar-refractivity contribution in [3.63, 3.8) is 0 Å². The zero-order chi connectivity index (χ0) is 13.8. The maximum atomic E-state index is 10.9. The smallest absolute Gasteiger partial charge is 0.306 e. The normalized spacial score (nSPS) is 18.6. The molecule has 1 aliphatic carbocycles. The van der Waals surface area contributed by atoms with Crippen molar-refractivity contribution < 1.29 is 19.4 Å². The Kier molecular flexibility index (Phi) is 4.10. The number of aliphatic carboxylic acids is 1. The van der Waals surface area contributed by atoms with Crippen molar-refractivity contribution in [2.24, 2.45) is 5.92 Å². The molecule has 4 nitrogen and oxygen atoms in total. The van der Waals surface area contributed by atoms with Crippen LogP contribution in [-0.4, -0.2) is 25.3 Å². The Morgan fingerprint density at radius 1 is 1.26 bits per heavy atom. The molecule has 2 rings (SSSR count). The minimum absolute atomic E-state index is 0.246. The minimum atomic E-state index is -0.706. The highest BCUT2D eigenvalue weighted by molar-refractivity contribution is 5.74. The van der Waals surface area contributed by atoms with Crippen molar-refractivity contribution >= 4 is 11.5 Å². The van der Waals surface area contributed by atoms with Gasteiger partial charge in [-0.1, -0.05) is 12.1 Å². The van der Waals surface area contributed by atoms with E-state index in [1.54, 1.807) is 14.2 Å². The van der Waals surface area contributed by atoms with E-state index in [0.29, 0.717) is 24.3 Å². The summed E-state index contributed by atoms with van der Waals surface area (Å²) in [6, 6.07) is 5.79. The molecular weight excluding hydrogens is 244 g/mol. The largest absolute Gasteiger partial charge is 0.493 e. The van der Waals surface area contributed by atoms with Gasteiger partial charge in [-0.05, 0) is 42.5 Å². The standard InChI is InChI=1S/C15H18O4/c1-18-13-8-7-12(9-14(13)19-2)10-3-5-11(6-4-10)15(16)17/h3,7-9,11H,4-6H2,1-2H3,(H,16,17). The van der Waals surface area contributed by atoms with E-state index in [1.165, 1.54) is 5.57 Å². The molecule has 0 spiro atoms. The third-order valence-electron chi connectivity index (χ3n) is 3.51. The van der Waals surface area contributed by atoms with Crippen LogP contribution in [0.25, 0.3) is 5.57 Å². The first-order valence-corrected chi connectivity index (χ1v) is 6.30. The molecule has 0 aliphatic heterocycles. The van der Waals surface area contributed by atoms with E-state index in [4.69, 9.17) is 14.6 Å². The van der Waals surface area contributed by atoms with Gasteiger partial charge in [0.25, 0.3) is 0 Å². The monoisotopic (exact) mass is 262 g/mol. The number of rotatable bonds is 4. The number of methoxy groups -OCH3 is 2. The fourth-order valence-corrected chi connectivity index (χ4v) is 2.36. The van der Waals surface area contributed by atoms with Crippen LogP contribution in [0.15, 0.2) is 24.3 Å². The predicted molar refractivity (Wildman–Crippen MR) is 72.5 cm³/mol. The Hall–Kier alpha value is -1.97. The van der Waals surface area contributed by atoms with Crippen LogP contribution < -0.4 is 9.47 Å². The van der Waals surface area contributed by atoms with Crippen LogP contribution in [0.1, 0.15) is 24.8 Å². The lowest BCUT2D eigenvalue weighted by Crippen LogP contribution is -2.15. The van der Waals surface area contributed by atoms with Gasteiger partial charge in [0.05, 0.1) is 20.1 Å². The first-order valence-electron chi connectivity index (χ1n) is 6.30. The number of ether oxygens (including phenoxy) is 2. The van der Waals surface area contributed by atoms with Crippen LogP contribution in [0.2, 0.25) is 0 Å². The highest BCUT2D eigenvalue weighted by Gasteiger charge is 2.21. The van der Waals surface area contributed by atoms with Crippen molar-refractivity contribution in [3.8, 4) is 11.5 Å². The van der Waals surface area contributed by atoms with Gasteiger partial charge >= 0.3 is 5.97 Å². The van der Waals surface area contributed by atoms with E-state index in [1.807, 2.05) is 24.3 Å². The van der Waals surface area contributed by atoms with Crippen molar-refractivity contribution in [1.29, 1.82) is 0 Å².